The Kier molecular flexibility index (Phi) is 3.02. The molecule has 7 nitrogen and oxygen atoms in total. The molecule has 0 heterocycles. The monoisotopic (exact) mass is 350 g/mol. The second kappa shape index (κ2) is 4.95. The number of fused-ring (bicyclic) bond motifs is 4. The van der Waals surface area contributed by atoms with E-state index in [4.69, 9.17) is 0 Å². The van der Waals surface area contributed by atoms with Gasteiger partial charge < -0.3 is 10.2 Å². The number of Topliss-reactive ketones (excluding diaryl/α,β-unsaturated/α-hetero) is 3. The average molecular weight is 350 g/mol. The van der Waals surface area contributed by atoms with E-state index >= 15 is 0 Å². The number of carbonyl (C=O) groups is 5. The van der Waals surface area contributed by atoms with E-state index < -0.39 is 63.0 Å². The molecule has 2 N–H and O–H groups in total. The highest BCUT2D eigenvalue weighted by Gasteiger charge is 2.45. The highest BCUT2D eigenvalue weighted by Crippen LogP contribution is 2.41. The molecule has 2 aromatic carbocycles. The summed E-state index contributed by atoms with van der Waals surface area (Å²) in [4.78, 5) is 62.6. The minimum atomic E-state index is -1.22. The highest BCUT2D eigenvalue weighted by molar-refractivity contribution is 6.53. The third-order valence-corrected chi connectivity index (χ3v) is 4.78. The van der Waals surface area contributed by atoms with Crippen molar-refractivity contribution in [2.75, 3.05) is 0 Å². The lowest BCUT2D eigenvalue weighted by Crippen LogP contribution is -2.38. The van der Waals surface area contributed by atoms with Crippen molar-refractivity contribution in [3.63, 3.8) is 0 Å². The minimum Gasteiger partial charge on any atom is -0.507 e. The molecule has 1 unspecified atom stereocenters. The van der Waals surface area contributed by atoms with Gasteiger partial charge in [-0.05, 0) is 19.1 Å². The molecule has 4 rings (SSSR count). The summed E-state index contributed by atoms with van der Waals surface area (Å²) >= 11 is 0. The van der Waals surface area contributed by atoms with Crippen LogP contribution in [-0.2, 0) is 4.79 Å². The van der Waals surface area contributed by atoms with Gasteiger partial charge in [0.15, 0.2) is 11.6 Å². The molecule has 128 valence electrons. The van der Waals surface area contributed by atoms with Crippen molar-refractivity contribution in [1.82, 2.24) is 0 Å². The first kappa shape index (κ1) is 15.9. The second-order valence-electron chi connectivity index (χ2n) is 6.21. The molecule has 0 spiro atoms. The summed E-state index contributed by atoms with van der Waals surface area (Å²) in [6, 6.07) is 4.77. The molecule has 0 bridgehead atoms. The fourth-order valence-corrected chi connectivity index (χ4v) is 3.46. The number of hydrogen-bond donors (Lipinski definition) is 2. The van der Waals surface area contributed by atoms with Crippen molar-refractivity contribution in [3.8, 4) is 11.5 Å². The van der Waals surface area contributed by atoms with Gasteiger partial charge in [-0.25, -0.2) is 0 Å². The summed E-state index contributed by atoms with van der Waals surface area (Å²) in [6.45, 7) is 1.27. The van der Waals surface area contributed by atoms with Gasteiger partial charge in [-0.1, -0.05) is 12.1 Å². The third kappa shape index (κ3) is 1.74. The first-order valence-electron chi connectivity index (χ1n) is 7.69. The van der Waals surface area contributed by atoms with E-state index in [1.807, 2.05) is 0 Å². The van der Waals surface area contributed by atoms with Crippen LogP contribution in [0.15, 0.2) is 24.3 Å². The van der Waals surface area contributed by atoms with Crippen LogP contribution in [0.1, 0.15) is 59.5 Å². The Labute approximate surface area is 145 Å². The van der Waals surface area contributed by atoms with E-state index in [0.29, 0.717) is 0 Å². The molecular formula is C19H10O7. The zero-order chi connectivity index (χ0) is 18.9. The zero-order valence-electron chi connectivity index (χ0n) is 13.3. The Hall–Kier alpha value is -3.61. The van der Waals surface area contributed by atoms with Crippen LogP contribution in [0.5, 0.6) is 11.5 Å². The van der Waals surface area contributed by atoms with E-state index in [-0.39, 0.29) is 16.7 Å². The van der Waals surface area contributed by atoms with Crippen LogP contribution >= 0.6 is 0 Å². The Bertz CT molecular complexity index is 1110. The van der Waals surface area contributed by atoms with Crippen molar-refractivity contribution >= 4 is 28.9 Å². The zero-order valence-corrected chi connectivity index (χ0v) is 13.3. The van der Waals surface area contributed by atoms with Gasteiger partial charge in [-0.3, -0.25) is 24.0 Å². The normalized spacial score (nSPS) is 18.5. The maximum atomic E-state index is 12.9. The molecule has 0 saturated heterocycles. The van der Waals surface area contributed by atoms with E-state index in [1.165, 1.54) is 25.1 Å². The number of aromatic hydroxyl groups is 2. The molecule has 0 amide bonds. The van der Waals surface area contributed by atoms with Gasteiger partial charge >= 0.3 is 0 Å². The molecule has 7 heteroatoms. The summed E-state index contributed by atoms with van der Waals surface area (Å²) in [5.41, 5.74) is -2.15. The van der Waals surface area contributed by atoms with E-state index in [9.17, 15) is 34.2 Å². The smallest absolute Gasteiger partial charge is 0.230 e. The standard InChI is InChI=1S/C19H10O7/c1-6-15(22)8-5-10(21)13-14(12(8)19(26)16(6)23)17(24)7-3-2-4-9(20)11(7)18(13)25/h2-6,20-21H,1H3. The number of benzene rings is 2. The Morgan fingerprint density at radius 2 is 1.38 bits per heavy atom. The minimum absolute atomic E-state index is 0.165. The van der Waals surface area contributed by atoms with Gasteiger partial charge in [0.05, 0.1) is 17.0 Å². The summed E-state index contributed by atoms with van der Waals surface area (Å²) in [5.74, 6) is -6.74. The summed E-state index contributed by atoms with van der Waals surface area (Å²) < 4.78 is 0. The SMILES string of the molecule is CC1C(=O)C(=O)c2c(cc(O)c3c2C(=O)c2cccc(O)c2C3=O)C1=O. The van der Waals surface area contributed by atoms with Gasteiger partial charge in [-0.15, -0.1) is 0 Å². The van der Waals surface area contributed by atoms with E-state index in [0.717, 1.165) is 6.07 Å². The number of phenols is 2. The first-order chi connectivity index (χ1) is 12.3. The van der Waals surface area contributed by atoms with Crippen molar-refractivity contribution in [1.29, 1.82) is 0 Å². The van der Waals surface area contributed by atoms with E-state index in [1.54, 1.807) is 0 Å². The second-order valence-corrected chi connectivity index (χ2v) is 6.21. The predicted molar refractivity (Wildman–Crippen MR) is 85.9 cm³/mol. The van der Waals surface area contributed by atoms with Crippen molar-refractivity contribution in [2.24, 2.45) is 5.92 Å². The van der Waals surface area contributed by atoms with Crippen LogP contribution < -0.4 is 0 Å². The topological polar surface area (TPSA) is 126 Å². The number of ketones is 5. The van der Waals surface area contributed by atoms with Crippen molar-refractivity contribution in [3.05, 3.63) is 57.6 Å². The van der Waals surface area contributed by atoms with Crippen LogP contribution in [0.3, 0.4) is 0 Å². The predicted octanol–water partition coefficient (Wildman–Crippen LogP) is 1.46. The first-order valence-corrected chi connectivity index (χ1v) is 7.69. The van der Waals surface area contributed by atoms with E-state index in [2.05, 4.69) is 0 Å². The number of rotatable bonds is 0. The molecule has 2 aliphatic carbocycles. The summed E-state index contributed by atoms with van der Waals surface area (Å²) in [7, 11) is 0. The molecule has 0 saturated carbocycles. The maximum Gasteiger partial charge on any atom is 0.230 e. The van der Waals surface area contributed by atoms with Crippen LogP contribution in [0.2, 0.25) is 0 Å². The van der Waals surface area contributed by atoms with Gasteiger partial charge in [0.2, 0.25) is 17.3 Å². The largest absolute Gasteiger partial charge is 0.507 e. The Balaban J connectivity index is 2.14. The fourth-order valence-electron chi connectivity index (χ4n) is 3.46. The molecule has 1 atom stereocenters. The summed E-state index contributed by atoms with van der Waals surface area (Å²) in [6.07, 6.45) is 0. The lowest BCUT2D eigenvalue weighted by Gasteiger charge is -2.26. The van der Waals surface area contributed by atoms with Gasteiger partial charge in [0.25, 0.3) is 0 Å². The lowest BCUT2D eigenvalue weighted by atomic mass is 9.73. The maximum absolute atomic E-state index is 12.9. The fraction of sp³-hybridized carbons (Fsp3) is 0.105. The molecule has 0 fully saturated rings. The molecule has 2 aliphatic rings. The number of carbonyl (C=O) groups excluding carboxylic acids is 5. The van der Waals surface area contributed by atoms with Crippen LogP contribution in [0.4, 0.5) is 0 Å². The molecule has 0 radical (unpaired) electrons. The van der Waals surface area contributed by atoms with Crippen LogP contribution in [0, 0.1) is 5.92 Å². The van der Waals surface area contributed by atoms with Crippen LogP contribution in [-0.4, -0.2) is 39.1 Å². The molecular weight excluding hydrogens is 340 g/mol. The molecule has 26 heavy (non-hydrogen) atoms. The average Bonchev–Trinajstić information content (AvgIpc) is 2.61. The highest BCUT2D eigenvalue weighted by atomic mass is 16.3. The van der Waals surface area contributed by atoms with Gasteiger partial charge in [0.1, 0.15) is 11.5 Å². The Morgan fingerprint density at radius 1 is 0.692 bits per heavy atom. The quantitative estimate of drug-likeness (QED) is 0.464. The number of hydrogen-bond acceptors (Lipinski definition) is 7. The molecule has 0 aliphatic heterocycles. The van der Waals surface area contributed by atoms with Gasteiger partial charge in [0, 0.05) is 22.3 Å². The Morgan fingerprint density at radius 3 is 2.08 bits per heavy atom. The van der Waals surface area contributed by atoms with Crippen LogP contribution in [0.25, 0.3) is 0 Å². The van der Waals surface area contributed by atoms with Gasteiger partial charge in [-0.2, -0.15) is 0 Å². The third-order valence-electron chi connectivity index (χ3n) is 4.78. The number of phenolic OH excluding ortho intramolecular Hbond substituents is 2. The molecule has 2 aromatic rings. The molecule has 0 aromatic heterocycles. The van der Waals surface area contributed by atoms with Crippen molar-refractivity contribution in [2.45, 2.75) is 6.92 Å². The van der Waals surface area contributed by atoms with Crippen molar-refractivity contribution < 1.29 is 34.2 Å². The summed E-state index contributed by atoms with van der Waals surface area (Å²) in [5, 5.41) is 20.2. The lowest BCUT2D eigenvalue weighted by molar-refractivity contribution is -0.117.